The van der Waals surface area contributed by atoms with Gasteiger partial charge in [-0.05, 0) is 20.2 Å². The van der Waals surface area contributed by atoms with Crippen molar-refractivity contribution in [2.24, 2.45) is 5.73 Å². The molecule has 1 aliphatic rings. The molecule has 0 radical (unpaired) electrons. The maximum absolute atomic E-state index is 13.7. The first-order valence-corrected chi connectivity index (χ1v) is 15.8. The summed E-state index contributed by atoms with van der Waals surface area (Å²) in [5.74, 6) is 1.41. The zero-order valence-electron chi connectivity index (χ0n) is 21.0. The normalized spacial score (nSPS) is 18.3. The Bertz CT molecular complexity index is 974. The van der Waals surface area contributed by atoms with Gasteiger partial charge in [0.25, 0.3) is 5.98 Å². The van der Waals surface area contributed by atoms with Crippen molar-refractivity contribution in [1.82, 2.24) is 19.9 Å². The van der Waals surface area contributed by atoms with Gasteiger partial charge in [0.1, 0.15) is 42.9 Å². The van der Waals surface area contributed by atoms with Crippen molar-refractivity contribution in [2.45, 2.75) is 39.3 Å². The molecule has 3 rings (SSSR count). The number of nitrogens with two attached hydrogens (primary N) is 1. The molecule has 3 heterocycles. The van der Waals surface area contributed by atoms with E-state index in [-0.39, 0.29) is 25.4 Å². The van der Waals surface area contributed by atoms with Crippen LogP contribution in [-0.4, -0.2) is 79.7 Å². The quantitative estimate of drug-likeness (QED) is 0.231. The minimum Gasteiger partial charge on any atom is -0.375 e. The number of halogens is 1. The molecule has 2 aromatic rings. The molecule has 0 bridgehead atoms. The van der Waals surface area contributed by atoms with E-state index in [2.05, 4.69) is 39.8 Å². The number of carbonyl (C=O) groups is 1. The number of imidazole rings is 1. The van der Waals surface area contributed by atoms with Gasteiger partial charge in [0.2, 0.25) is 13.5 Å². The van der Waals surface area contributed by atoms with Crippen molar-refractivity contribution in [2.75, 3.05) is 41.0 Å². The summed E-state index contributed by atoms with van der Waals surface area (Å²) in [6.07, 6.45) is -0.532. The third-order valence-corrected chi connectivity index (χ3v) is 7.07. The predicted octanol–water partition coefficient (Wildman–Crippen LogP) is 3.48. The molecule has 0 saturated carbocycles. The Hall–Kier alpha value is -0.920. The van der Waals surface area contributed by atoms with E-state index in [0.29, 0.717) is 30.1 Å². The van der Waals surface area contributed by atoms with Crippen LogP contribution in [0.5, 0.6) is 0 Å². The molecule has 2 aromatic heterocycles. The summed E-state index contributed by atoms with van der Waals surface area (Å²) < 4.78 is 42.1. The van der Waals surface area contributed by atoms with Gasteiger partial charge in [-0.25, -0.2) is 14.4 Å². The summed E-state index contributed by atoms with van der Waals surface area (Å²) in [5, 5.41) is 2.75. The van der Waals surface area contributed by atoms with Gasteiger partial charge in [-0.1, -0.05) is 26.1 Å². The molecule has 4 atom stereocenters. The van der Waals surface area contributed by atoms with E-state index in [1.807, 2.05) is 27.9 Å². The van der Waals surface area contributed by atoms with E-state index in [1.54, 1.807) is 10.6 Å². The van der Waals surface area contributed by atoms with E-state index in [9.17, 15) is 9.18 Å². The molecule has 204 valence electrons. The first-order valence-electron chi connectivity index (χ1n) is 11.0. The number of aromatic nitrogens is 3. The third-order valence-electron chi connectivity index (χ3n) is 4.17. The van der Waals surface area contributed by atoms with Gasteiger partial charge in [0, 0.05) is 13.3 Å². The SMILES string of the molecule is CC.CNC.COC=[P+](S)OCCn1c(COP(S)OC2COCC2F)nc2cc(C(N)=O)cnc21. The Morgan fingerprint density at radius 2 is 2.14 bits per heavy atom. The van der Waals surface area contributed by atoms with E-state index in [0.717, 1.165) is 0 Å². The van der Waals surface area contributed by atoms with Gasteiger partial charge in [0.15, 0.2) is 11.8 Å². The number of ether oxygens (including phenoxy) is 2. The number of alkyl halides is 1. The number of carbonyl (C=O) groups excluding carboxylic acids is 1. The molecular weight excluding hydrogens is 551 g/mol. The van der Waals surface area contributed by atoms with Crippen LogP contribution < -0.4 is 11.1 Å². The molecule has 0 spiro atoms. The summed E-state index contributed by atoms with van der Waals surface area (Å²) >= 11 is 8.56. The largest absolute Gasteiger partial charge is 0.375 e. The maximum atomic E-state index is 13.7. The summed E-state index contributed by atoms with van der Waals surface area (Å²) in [6.45, 7) is 3.75. The van der Waals surface area contributed by atoms with Gasteiger partial charge in [-0.15, -0.1) is 0 Å². The third kappa shape index (κ3) is 10.8. The van der Waals surface area contributed by atoms with Gasteiger partial charge in [-0.3, -0.25) is 4.79 Å². The topological polar surface area (TPSA) is 132 Å². The van der Waals surface area contributed by atoms with Gasteiger partial charge >= 0.3 is 6.97 Å². The fourth-order valence-electron chi connectivity index (χ4n) is 2.75. The molecule has 0 aliphatic carbocycles. The minimum absolute atomic E-state index is 0.000533. The smallest absolute Gasteiger partial charge is 0.351 e. The number of fused-ring (bicyclic) bond motifs is 1. The number of nitrogens with zero attached hydrogens (tertiary/aromatic N) is 3. The lowest BCUT2D eigenvalue weighted by molar-refractivity contribution is 0.1000. The second-order valence-corrected chi connectivity index (χ2v) is 11.0. The van der Waals surface area contributed by atoms with Crippen LogP contribution in [0.3, 0.4) is 0 Å². The molecule has 11 nitrogen and oxygen atoms in total. The zero-order valence-corrected chi connectivity index (χ0v) is 24.5. The molecule has 1 fully saturated rings. The Morgan fingerprint density at radius 3 is 2.72 bits per heavy atom. The summed E-state index contributed by atoms with van der Waals surface area (Å²) in [6, 6.07) is 1.55. The number of methoxy groups -OCH3 is 1. The van der Waals surface area contributed by atoms with Crippen molar-refractivity contribution in [3.05, 3.63) is 23.7 Å². The van der Waals surface area contributed by atoms with E-state index >= 15 is 0 Å². The number of nitrogens with one attached hydrogen (secondary N) is 1. The maximum Gasteiger partial charge on any atom is 0.351 e. The van der Waals surface area contributed by atoms with Crippen LogP contribution in [0, 0.1) is 0 Å². The summed E-state index contributed by atoms with van der Waals surface area (Å²) in [4.78, 5) is 20.3. The molecular formula is C20H35FN5O6P2S2+. The highest BCUT2D eigenvalue weighted by Crippen LogP contribution is 2.46. The lowest BCUT2D eigenvalue weighted by atomic mass is 10.2. The highest BCUT2D eigenvalue weighted by atomic mass is 32.7. The van der Waals surface area contributed by atoms with Crippen LogP contribution in [-0.2, 0) is 36.2 Å². The Balaban J connectivity index is 0.00000120. The first-order chi connectivity index (χ1) is 17.3. The van der Waals surface area contributed by atoms with Crippen LogP contribution in [0.15, 0.2) is 12.3 Å². The Labute approximate surface area is 223 Å². The number of hydrogen-bond acceptors (Lipinski definition) is 11. The van der Waals surface area contributed by atoms with E-state index in [1.165, 1.54) is 19.3 Å². The standard InChI is InChI=1S/C16H21FN4O6P2S2.C2H7N.C2H6/c1-23-9-28(30)25-3-2-21-14(8-26-29(31)27-13-7-24-6-11(13)17)20-12-4-10(15(18)22)5-19-16(12)21;1-3-2;1-2/h4-5,9,11,13,31H,2-3,6-8H2,1H3,(H2-,18,22,30);3H,1-2H3;1-2H3/p+1. The molecule has 36 heavy (non-hydrogen) atoms. The lowest BCUT2D eigenvalue weighted by Crippen LogP contribution is -2.21. The van der Waals surface area contributed by atoms with Crippen LogP contribution in [0.1, 0.15) is 30.0 Å². The molecule has 1 amide bonds. The van der Waals surface area contributed by atoms with E-state index < -0.39 is 32.7 Å². The minimum atomic E-state index is -1.66. The zero-order chi connectivity index (χ0) is 27.1. The van der Waals surface area contributed by atoms with Crippen molar-refractivity contribution in [3.63, 3.8) is 0 Å². The fourth-order valence-corrected chi connectivity index (χ4v) is 5.03. The number of hydrogen-bond donors (Lipinski definition) is 4. The molecule has 1 saturated heterocycles. The average Bonchev–Trinajstić information content (AvgIpc) is 3.42. The highest BCUT2D eigenvalue weighted by Gasteiger charge is 2.31. The Kier molecular flexibility index (Phi) is 16.9. The number of amides is 1. The monoisotopic (exact) mass is 586 g/mol. The second-order valence-electron chi connectivity index (χ2n) is 6.80. The number of rotatable bonds is 11. The summed E-state index contributed by atoms with van der Waals surface area (Å²) in [7, 11) is 3.61. The second kappa shape index (κ2) is 18.4. The predicted molar refractivity (Wildman–Crippen MR) is 149 cm³/mol. The molecule has 16 heteroatoms. The molecule has 0 aromatic carbocycles. The highest BCUT2D eigenvalue weighted by molar-refractivity contribution is 8.42. The Morgan fingerprint density at radius 1 is 1.44 bits per heavy atom. The van der Waals surface area contributed by atoms with Crippen molar-refractivity contribution >= 4 is 62.1 Å². The fraction of sp³-hybridized carbons (Fsp3) is 0.600. The molecule has 1 aliphatic heterocycles. The van der Waals surface area contributed by atoms with Crippen molar-refractivity contribution < 1.29 is 32.2 Å². The van der Waals surface area contributed by atoms with Crippen LogP contribution in [0.25, 0.3) is 11.2 Å². The van der Waals surface area contributed by atoms with E-state index in [4.69, 9.17) is 28.8 Å². The van der Waals surface area contributed by atoms with Crippen LogP contribution >= 0.6 is 39.0 Å². The van der Waals surface area contributed by atoms with Crippen LogP contribution in [0.4, 0.5) is 4.39 Å². The van der Waals surface area contributed by atoms with Gasteiger partial charge in [0.05, 0.1) is 25.3 Å². The average molecular weight is 587 g/mol. The summed E-state index contributed by atoms with van der Waals surface area (Å²) in [5.41, 5.74) is 6.58. The number of thiol groups is 2. The van der Waals surface area contributed by atoms with Crippen LogP contribution in [0.2, 0.25) is 0 Å². The molecule has 3 N–H and O–H groups in total. The van der Waals surface area contributed by atoms with Gasteiger partial charge in [-0.2, -0.15) is 4.52 Å². The van der Waals surface area contributed by atoms with Gasteiger partial charge < -0.3 is 34.1 Å². The van der Waals surface area contributed by atoms with Crippen molar-refractivity contribution in [1.29, 1.82) is 0 Å². The number of primary amides is 1. The number of pyridine rings is 1. The first kappa shape index (κ1) is 33.1. The molecule has 4 unspecified atom stereocenters. The van der Waals surface area contributed by atoms with Crippen molar-refractivity contribution in [3.8, 4) is 0 Å². The lowest BCUT2D eigenvalue weighted by Gasteiger charge is -2.17.